The number of piperidine rings is 1. The molecule has 3 nitrogen and oxygen atoms in total. The van der Waals surface area contributed by atoms with Crippen LogP contribution in [0.4, 0.5) is 5.69 Å². The van der Waals surface area contributed by atoms with Crippen LogP contribution in [0.25, 0.3) is 0 Å². The first-order valence-corrected chi connectivity index (χ1v) is 6.08. The second-order valence-electron chi connectivity index (χ2n) is 4.44. The van der Waals surface area contributed by atoms with Crippen molar-refractivity contribution in [3.8, 4) is 0 Å². The summed E-state index contributed by atoms with van der Waals surface area (Å²) >= 11 is 4.88. The number of thiocarbonyl (C=S) groups is 1. The summed E-state index contributed by atoms with van der Waals surface area (Å²) in [7, 11) is 0. The number of rotatable bonds is 2. The highest BCUT2D eigenvalue weighted by Gasteiger charge is 2.16. The van der Waals surface area contributed by atoms with Gasteiger partial charge in [0.15, 0.2) is 0 Å². The molecule has 4 heteroatoms. The Morgan fingerprint density at radius 2 is 2.12 bits per heavy atom. The number of pyridine rings is 1. The third-order valence-electron chi connectivity index (χ3n) is 3.15. The van der Waals surface area contributed by atoms with E-state index in [0.717, 1.165) is 19.0 Å². The molecule has 0 aromatic carbocycles. The maximum atomic E-state index is 5.52. The fraction of sp³-hybridized carbons (Fsp3) is 0.500. The number of hydrogen-bond donors (Lipinski definition) is 1. The molecule has 2 heterocycles. The van der Waals surface area contributed by atoms with Crippen LogP contribution in [0.15, 0.2) is 18.3 Å². The smallest absolute Gasteiger partial charge is 0.122 e. The second kappa shape index (κ2) is 4.78. The summed E-state index contributed by atoms with van der Waals surface area (Å²) in [6.45, 7) is 4.55. The van der Waals surface area contributed by atoms with Gasteiger partial charge in [-0.15, -0.1) is 0 Å². The summed E-state index contributed by atoms with van der Waals surface area (Å²) in [5, 5.41) is 0. The summed E-state index contributed by atoms with van der Waals surface area (Å²) in [4.78, 5) is 7.00. The van der Waals surface area contributed by atoms with Crippen LogP contribution in [0.3, 0.4) is 0 Å². The predicted molar refractivity (Wildman–Crippen MR) is 70.7 cm³/mol. The van der Waals surface area contributed by atoms with Gasteiger partial charge in [-0.25, -0.2) is 0 Å². The second-order valence-corrected chi connectivity index (χ2v) is 4.88. The molecule has 0 unspecified atom stereocenters. The van der Waals surface area contributed by atoms with Crippen molar-refractivity contribution in [1.29, 1.82) is 0 Å². The van der Waals surface area contributed by atoms with Crippen LogP contribution in [0.2, 0.25) is 0 Å². The zero-order chi connectivity index (χ0) is 11.5. The maximum Gasteiger partial charge on any atom is 0.122 e. The zero-order valence-corrected chi connectivity index (χ0v) is 10.3. The maximum absolute atomic E-state index is 5.52. The van der Waals surface area contributed by atoms with Gasteiger partial charge in [0.2, 0.25) is 0 Å². The molecule has 1 aliphatic heterocycles. The van der Waals surface area contributed by atoms with Crippen LogP contribution in [0.5, 0.6) is 0 Å². The highest BCUT2D eigenvalue weighted by atomic mass is 32.1. The van der Waals surface area contributed by atoms with E-state index in [1.165, 1.54) is 18.5 Å². The van der Waals surface area contributed by atoms with Gasteiger partial charge < -0.3 is 10.6 Å². The average Bonchev–Trinajstić information content (AvgIpc) is 2.30. The minimum Gasteiger partial charge on any atom is -0.388 e. The highest BCUT2D eigenvalue weighted by Crippen LogP contribution is 2.22. The van der Waals surface area contributed by atoms with Crippen LogP contribution < -0.4 is 10.6 Å². The normalized spacial score (nSPS) is 17.4. The van der Waals surface area contributed by atoms with Crippen LogP contribution in [-0.4, -0.2) is 23.1 Å². The number of anilines is 1. The molecule has 0 amide bonds. The SMILES string of the molecule is CC1CCN(c2ccc(C(N)=S)nc2)CC1. The molecular formula is C12H17N3S. The van der Waals surface area contributed by atoms with E-state index >= 15 is 0 Å². The van der Waals surface area contributed by atoms with Crippen molar-refractivity contribution in [2.45, 2.75) is 19.8 Å². The van der Waals surface area contributed by atoms with Gasteiger partial charge in [0.1, 0.15) is 4.99 Å². The molecule has 1 aliphatic rings. The monoisotopic (exact) mass is 235 g/mol. The summed E-state index contributed by atoms with van der Waals surface area (Å²) in [6, 6.07) is 3.95. The fourth-order valence-electron chi connectivity index (χ4n) is 1.99. The van der Waals surface area contributed by atoms with Crippen LogP contribution >= 0.6 is 12.2 Å². The lowest BCUT2D eigenvalue weighted by Crippen LogP contribution is -2.32. The van der Waals surface area contributed by atoms with Gasteiger partial charge in [-0.05, 0) is 30.9 Å². The third kappa shape index (κ3) is 2.50. The molecule has 0 radical (unpaired) electrons. The van der Waals surface area contributed by atoms with E-state index in [2.05, 4.69) is 22.9 Å². The van der Waals surface area contributed by atoms with Crippen molar-refractivity contribution in [2.75, 3.05) is 18.0 Å². The van der Waals surface area contributed by atoms with E-state index in [0.29, 0.717) is 10.7 Å². The Morgan fingerprint density at radius 1 is 1.44 bits per heavy atom. The lowest BCUT2D eigenvalue weighted by atomic mass is 9.99. The molecule has 0 atom stereocenters. The molecule has 0 bridgehead atoms. The molecule has 1 aromatic rings. The van der Waals surface area contributed by atoms with E-state index in [4.69, 9.17) is 18.0 Å². The molecule has 1 fully saturated rings. The Kier molecular flexibility index (Phi) is 3.39. The fourth-order valence-corrected chi connectivity index (χ4v) is 2.11. The topological polar surface area (TPSA) is 42.1 Å². The lowest BCUT2D eigenvalue weighted by molar-refractivity contribution is 0.438. The molecule has 16 heavy (non-hydrogen) atoms. The molecule has 1 aromatic heterocycles. The van der Waals surface area contributed by atoms with Gasteiger partial charge in [-0.2, -0.15) is 0 Å². The minimum atomic E-state index is 0.360. The van der Waals surface area contributed by atoms with Gasteiger partial charge in [0.25, 0.3) is 0 Å². The van der Waals surface area contributed by atoms with E-state index in [1.807, 2.05) is 12.3 Å². The van der Waals surface area contributed by atoms with E-state index in [9.17, 15) is 0 Å². The first kappa shape index (κ1) is 11.3. The first-order valence-electron chi connectivity index (χ1n) is 5.67. The molecule has 0 aliphatic carbocycles. The zero-order valence-electron chi connectivity index (χ0n) is 9.52. The van der Waals surface area contributed by atoms with Gasteiger partial charge >= 0.3 is 0 Å². The quantitative estimate of drug-likeness (QED) is 0.796. The Morgan fingerprint density at radius 3 is 2.62 bits per heavy atom. The largest absolute Gasteiger partial charge is 0.388 e. The van der Waals surface area contributed by atoms with Gasteiger partial charge in [-0.1, -0.05) is 19.1 Å². The van der Waals surface area contributed by atoms with Crippen molar-refractivity contribution in [3.63, 3.8) is 0 Å². The molecule has 2 rings (SSSR count). The molecule has 2 N–H and O–H groups in total. The molecule has 86 valence electrons. The van der Waals surface area contributed by atoms with Crippen LogP contribution in [0, 0.1) is 5.92 Å². The average molecular weight is 235 g/mol. The van der Waals surface area contributed by atoms with Crippen molar-refractivity contribution < 1.29 is 0 Å². The number of aromatic nitrogens is 1. The summed E-state index contributed by atoms with van der Waals surface area (Å²) < 4.78 is 0. The minimum absolute atomic E-state index is 0.360. The Hall–Kier alpha value is -1.16. The third-order valence-corrected chi connectivity index (χ3v) is 3.36. The molecule has 0 spiro atoms. The summed E-state index contributed by atoms with van der Waals surface area (Å²) in [5.41, 5.74) is 7.39. The lowest BCUT2D eigenvalue weighted by Gasteiger charge is -2.31. The number of hydrogen-bond acceptors (Lipinski definition) is 3. The van der Waals surface area contributed by atoms with Gasteiger partial charge in [0, 0.05) is 13.1 Å². The Balaban J connectivity index is 2.07. The summed E-state index contributed by atoms with van der Waals surface area (Å²) in [5.74, 6) is 0.847. The standard InChI is InChI=1S/C12H17N3S/c1-9-4-6-15(7-5-9)10-2-3-11(12(13)16)14-8-10/h2-3,8-9H,4-7H2,1H3,(H2,13,16). The van der Waals surface area contributed by atoms with Gasteiger partial charge in [-0.3, -0.25) is 4.98 Å². The molecule has 1 saturated heterocycles. The van der Waals surface area contributed by atoms with Crippen molar-refractivity contribution >= 4 is 22.9 Å². The molecule has 0 saturated carbocycles. The predicted octanol–water partition coefficient (Wildman–Crippen LogP) is 1.95. The van der Waals surface area contributed by atoms with Crippen LogP contribution in [-0.2, 0) is 0 Å². The molecular weight excluding hydrogens is 218 g/mol. The van der Waals surface area contributed by atoms with E-state index in [-0.39, 0.29) is 0 Å². The van der Waals surface area contributed by atoms with E-state index < -0.39 is 0 Å². The van der Waals surface area contributed by atoms with Crippen LogP contribution in [0.1, 0.15) is 25.5 Å². The van der Waals surface area contributed by atoms with Gasteiger partial charge in [0.05, 0.1) is 17.6 Å². The van der Waals surface area contributed by atoms with Crippen molar-refractivity contribution in [2.24, 2.45) is 11.7 Å². The summed E-state index contributed by atoms with van der Waals surface area (Å²) in [6.07, 6.45) is 4.39. The van der Waals surface area contributed by atoms with E-state index in [1.54, 1.807) is 0 Å². The van der Waals surface area contributed by atoms with Crippen molar-refractivity contribution in [3.05, 3.63) is 24.0 Å². The number of nitrogens with two attached hydrogens (primary N) is 1. The Labute approximate surface area is 102 Å². The first-order chi connectivity index (χ1) is 7.66. The number of nitrogens with zero attached hydrogens (tertiary/aromatic N) is 2. The highest BCUT2D eigenvalue weighted by molar-refractivity contribution is 7.80. The Bertz CT molecular complexity index is 366. The van der Waals surface area contributed by atoms with Crippen molar-refractivity contribution in [1.82, 2.24) is 4.98 Å².